The van der Waals surface area contributed by atoms with Crippen molar-refractivity contribution in [2.75, 3.05) is 18.4 Å². The summed E-state index contributed by atoms with van der Waals surface area (Å²) in [5.74, 6) is -1.34. The van der Waals surface area contributed by atoms with Gasteiger partial charge in [0.25, 0.3) is 0 Å². The number of aromatic nitrogens is 1. The predicted octanol–water partition coefficient (Wildman–Crippen LogP) is 1.64. The number of aliphatic carboxylic acids is 1. The van der Waals surface area contributed by atoms with Crippen LogP contribution in [-0.2, 0) is 4.79 Å². The second kappa shape index (κ2) is 4.93. The molecule has 0 radical (unpaired) electrons. The number of carboxylic acids is 1. The number of urea groups is 1. The lowest BCUT2D eigenvalue weighted by atomic mass is 9.99. The number of carboxylic acid groups (broad SMARTS) is 1. The highest BCUT2D eigenvalue weighted by Crippen LogP contribution is 2.24. The maximum absolute atomic E-state index is 11.9. The molecule has 98 valence electrons. The monoisotopic (exact) mass is 269 g/mol. The molecule has 0 saturated carbocycles. The van der Waals surface area contributed by atoms with Crippen molar-refractivity contribution in [3.63, 3.8) is 0 Å². The summed E-state index contributed by atoms with van der Waals surface area (Å²) in [6.07, 6.45) is 1.69. The van der Waals surface area contributed by atoms with Gasteiger partial charge in [0.05, 0.1) is 5.92 Å². The first-order valence-electron chi connectivity index (χ1n) is 5.68. The van der Waals surface area contributed by atoms with Gasteiger partial charge in [-0.2, -0.15) is 0 Å². The van der Waals surface area contributed by atoms with Gasteiger partial charge in [0.1, 0.15) is 0 Å². The van der Waals surface area contributed by atoms with E-state index >= 15 is 0 Å². The number of hydrogen-bond donors (Lipinski definition) is 2. The lowest BCUT2D eigenvalue weighted by Gasteiger charge is -2.15. The fourth-order valence-corrected chi connectivity index (χ4v) is 2.69. The van der Waals surface area contributed by atoms with Crippen LogP contribution in [0.2, 0.25) is 0 Å². The van der Waals surface area contributed by atoms with E-state index in [-0.39, 0.29) is 18.5 Å². The van der Waals surface area contributed by atoms with Crippen LogP contribution in [0.25, 0.3) is 0 Å². The molecule has 1 aromatic rings. The second-order valence-electron chi connectivity index (χ2n) is 4.53. The first-order valence-corrected chi connectivity index (χ1v) is 6.50. The minimum Gasteiger partial charge on any atom is -0.481 e. The van der Waals surface area contributed by atoms with Crippen LogP contribution in [0.5, 0.6) is 0 Å². The Morgan fingerprint density at radius 2 is 2.28 bits per heavy atom. The molecule has 2 unspecified atom stereocenters. The van der Waals surface area contributed by atoms with Gasteiger partial charge >= 0.3 is 12.0 Å². The fourth-order valence-electron chi connectivity index (χ4n) is 2.04. The highest BCUT2D eigenvalue weighted by atomic mass is 32.1. The topological polar surface area (TPSA) is 82.5 Å². The number of carbonyl (C=O) groups is 2. The van der Waals surface area contributed by atoms with Crippen molar-refractivity contribution in [3.8, 4) is 0 Å². The Bertz CT molecular complexity index is 474. The van der Waals surface area contributed by atoms with E-state index in [0.717, 1.165) is 4.88 Å². The molecule has 0 aromatic carbocycles. The molecule has 2 rings (SSSR count). The van der Waals surface area contributed by atoms with Crippen LogP contribution in [0.3, 0.4) is 0 Å². The van der Waals surface area contributed by atoms with E-state index < -0.39 is 11.9 Å². The molecule has 1 aromatic heterocycles. The molecule has 18 heavy (non-hydrogen) atoms. The van der Waals surface area contributed by atoms with Gasteiger partial charge < -0.3 is 10.0 Å². The van der Waals surface area contributed by atoms with E-state index in [9.17, 15) is 9.59 Å². The van der Waals surface area contributed by atoms with Crippen molar-refractivity contribution >= 4 is 28.5 Å². The van der Waals surface area contributed by atoms with Crippen molar-refractivity contribution in [1.82, 2.24) is 9.88 Å². The van der Waals surface area contributed by atoms with Gasteiger partial charge in [-0.25, -0.2) is 9.78 Å². The Labute approximate surface area is 109 Å². The molecule has 2 heterocycles. The van der Waals surface area contributed by atoms with Crippen molar-refractivity contribution in [2.45, 2.75) is 13.8 Å². The van der Waals surface area contributed by atoms with E-state index in [4.69, 9.17) is 5.11 Å². The first-order chi connectivity index (χ1) is 8.47. The zero-order chi connectivity index (χ0) is 13.3. The highest BCUT2D eigenvalue weighted by Gasteiger charge is 2.37. The van der Waals surface area contributed by atoms with Crippen molar-refractivity contribution in [3.05, 3.63) is 11.1 Å². The molecule has 0 aliphatic carbocycles. The summed E-state index contributed by atoms with van der Waals surface area (Å²) in [6, 6.07) is -0.278. The predicted molar refractivity (Wildman–Crippen MR) is 67.7 cm³/mol. The zero-order valence-electron chi connectivity index (χ0n) is 10.2. The summed E-state index contributed by atoms with van der Waals surface area (Å²) in [5, 5.41) is 12.2. The minimum absolute atomic E-state index is 0.0220. The molecule has 1 aliphatic rings. The molecular formula is C11H15N3O3S. The number of rotatable bonds is 2. The van der Waals surface area contributed by atoms with E-state index in [0.29, 0.717) is 11.7 Å². The summed E-state index contributed by atoms with van der Waals surface area (Å²) < 4.78 is 0. The van der Waals surface area contributed by atoms with Crippen LogP contribution >= 0.6 is 11.3 Å². The van der Waals surface area contributed by atoms with Crippen molar-refractivity contribution < 1.29 is 14.7 Å². The third kappa shape index (κ3) is 2.61. The van der Waals surface area contributed by atoms with Gasteiger partial charge in [-0.3, -0.25) is 10.1 Å². The van der Waals surface area contributed by atoms with E-state index in [2.05, 4.69) is 10.3 Å². The molecule has 1 aliphatic heterocycles. The average molecular weight is 269 g/mol. The van der Waals surface area contributed by atoms with E-state index in [1.807, 2.05) is 13.8 Å². The Balaban J connectivity index is 1.97. The molecule has 0 spiro atoms. The number of nitrogens with zero attached hydrogens (tertiary/aromatic N) is 2. The molecular weight excluding hydrogens is 254 g/mol. The maximum atomic E-state index is 11.9. The standard InChI is InChI=1S/C11H15N3O3S/c1-6-4-14(5-8(6)9(15)16)11(17)13-10-12-3-7(2)18-10/h3,6,8H,4-5H2,1-2H3,(H,15,16)(H,12,13,17). The van der Waals surface area contributed by atoms with E-state index in [1.54, 1.807) is 6.20 Å². The van der Waals surface area contributed by atoms with Crippen LogP contribution in [0.4, 0.5) is 9.93 Å². The number of amides is 2. The normalized spacial score (nSPS) is 23.1. The Morgan fingerprint density at radius 3 is 2.78 bits per heavy atom. The van der Waals surface area contributed by atoms with Crippen LogP contribution in [0.15, 0.2) is 6.20 Å². The zero-order valence-corrected chi connectivity index (χ0v) is 11.0. The van der Waals surface area contributed by atoms with Crippen LogP contribution in [0, 0.1) is 18.8 Å². The summed E-state index contributed by atoms with van der Waals surface area (Å²) in [7, 11) is 0. The lowest BCUT2D eigenvalue weighted by molar-refractivity contribution is -0.142. The van der Waals surface area contributed by atoms with Gasteiger partial charge in [0, 0.05) is 24.2 Å². The van der Waals surface area contributed by atoms with Gasteiger partial charge in [-0.1, -0.05) is 6.92 Å². The molecule has 2 amide bonds. The second-order valence-corrected chi connectivity index (χ2v) is 5.77. The SMILES string of the molecule is Cc1cnc(NC(=O)N2CC(C)C(C(=O)O)C2)s1. The summed E-state index contributed by atoms with van der Waals surface area (Å²) in [4.78, 5) is 29.5. The van der Waals surface area contributed by atoms with Crippen molar-refractivity contribution in [2.24, 2.45) is 11.8 Å². The quantitative estimate of drug-likeness (QED) is 0.855. The van der Waals surface area contributed by atoms with E-state index in [1.165, 1.54) is 16.2 Å². The highest BCUT2D eigenvalue weighted by molar-refractivity contribution is 7.15. The number of nitrogens with one attached hydrogen (secondary N) is 1. The first kappa shape index (κ1) is 12.8. The number of aryl methyl sites for hydroxylation is 1. The molecule has 6 nitrogen and oxygen atoms in total. The largest absolute Gasteiger partial charge is 0.481 e. The van der Waals surface area contributed by atoms with Crippen LogP contribution in [-0.4, -0.2) is 40.1 Å². The summed E-state index contributed by atoms with van der Waals surface area (Å²) in [6.45, 7) is 4.48. The maximum Gasteiger partial charge on any atom is 0.323 e. The van der Waals surface area contributed by atoms with Gasteiger partial charge in [-0.05, 0) is 12.8 Å². The Morgan fingerprint density at radius 1 is 1.56 bits per heavy atom. The summed E-state index contributed by atoms with van der Waals surface area (Å²) in [5.41, 5.74) is 0. The number of likely N-dealkylation sites (tertiary alicyclic amines) is 1. The Hall–Kier alpha value is -1.63. The molecule has 0 bridgehead atoms. The summed E-state index contributed by atoms with van der Waals surface area (Å²) >= 11 is 1.40. The van der Waals surface area contributed by atoms with Gasteiger partial charge in [0.2, 0.25) is 0 Å². The fraction of sp³-hybridized carbons (Fsp3) is 0.545. The molecule has 7 heteroatoms. The molecule has 2 atom stereocenters. The smallest absolute Gasteiger partial charge is 0.323 e. The average Bonchev–Trinajstić information content (AvgIpc) is 2.85. The number of carbonyl (C=O) groups excluding carboxylic acids is 1. The molecule has 2 N–H and O–H groups in total. The number of hydrogen-bond acceptors (Lipinski definition) is 4. The molecule has 1 fully saturated rings. The van der Waals surface area contributed by atoms with Crippen LogP contribution in [0.1, 0.15) is 11.8 Å². The molecule has 1 saturated heterocycles. The number of thiazole rings is 1. The third-order valence-electron chi connectivity index (χ3n) is 3.05. The lowest BCUT2D eigenvalue weighted by Crippen LogP contribution is -2.33. The van der Waals surface area contributed by atoms with Gasteiger partial charge in [-0.15, -0.1) is 11.3 Å². The minimum atomic E-state index is -0.845. The van der Waals surface area contributed by atoms with Gasteiger partial charge in [0.15, 0.2) is 5.13 Å². The van der Waals surface area contributed by atoms with Crippen molar-refractivity contribution in [1.29, 1.82) is 0 Å². The number of anilines is 1. The van der Waals surface area contributed by atoms with Crippen LogP contribution < -0.4 is 5.32 Å². The third-order valence-corrected chi connectivity index (χ3v) is 3.88. The Kier molecular flexibility index (Phi) is 3.51.